The SMILES string of the molecule is CCCC(=O)c1ccc(NCc2cc3ccccc3n2C)cc1. The molecule has 118 valence electrons. The van der Waals surface area contributed by atoms with Gasteiger partial charge in [-0.2, -0.15) is 0 Å². The molecular formula is C20H22N2O. The number of fused-ring (bicyclic) bond motifs is 1. The van der Waals surface area contributed by atoms with Crippen molar-refractivity contribution in [3.05, 3.63) is 65.9 Å². The highest BCUT2D eigenvalue weighted by Crippen LogP contribution is 2.19. The average molecular weight is 306 g/mol. The van der Waals surface area contributed by atoms with Gasteiger partial charge in [-0.15, -0.1) is 0 Å². The van der Waals surface area contributed by atoms with Gasteiger partial charge in [-0.1, -0.05) is 25.1 Å². The van der Waals surface area contributed by atoms with Gasteiger partial charge in [-0.3, -0.25) is 4.79 Å². The molecule has 0 amide bonds. The van der Waals surface area contributed by atoms with E-state index in [0.717, 1.165) is 24.2 Å². The van der Waals surface area contributed by atoms with Crippen LogP contribution in [0.4, 0.5) is 5.69 Å². The normalized spacial score (nSPS) is 10.9. The van der Waals surface area contributed by atoms with Crippen LogP contribution in [0.15, 0.2) is 54.6 Å². The monoisotopic (exact) mass is 306 g/mol. The summed E-state index contributed by atoms with van der Waals surface area (Å²) in [6.07, 6.45) is 1.50. The van der Waals surface area contributed by atoms with Crippen LogP contribution < -0.4 is 5.32 Å². The van der Waals surface area contributed by atoms with Crippen LogP contribution in [0.1, 0.15) is 35.8 Å². The van der Waals surface area contributed by atoms with Crippen molar-refractivity contribution in [2.75, 3.05) is 5.32 Å². The van der Waals surface area contributed by atoms with Crippen LogP contribution in [0.5, 0.6) is 0 Å². The van der Waals surface area contributed by atoms with Crippen molar-refractivity contribution in [2.24, 2.45) is 7.05 Å². The molecule has 1 heterocycles. The molecule has 2 aromatic carbocycles. The van der Waals surface area contributed by atoms with Gasteiger partial charge >= 0.3 is 0 Å². The summed E-state index contributed by atoms with van der Waals surface area (Å²) in [4.78, 5) is 11.9. The van der Waals surface area contributed by atoms with Gasteiger partial charge in [-0.25, -0.2) is 0 Å². The number of Topliss-reactive ketones (excluding diaryl/α,β-unsaturated/α-hetero) is 1. The van der Waals surface area contributed by atoms with Crippen molar-refractivity contribution in [1.82, 2.24) is 4.57 Å². The third kappa shape index (κ3) is 3.29. The molecule has 0 aliphatic heterocycles. The Morgan fingerprint density at radius 2 is 1.83 bits per heavy atom. The number of nitrogens with zero attached hydrogens (tertiary/aromatic N) is 1. The van der Waals surface area contributed by atoms with Crippen LogP contribution in [0.3, 0.4) is 0 Å². The fourth-order valence-electron chi connectivity index (χ4n) is 2.85. The Bertz CT molecular complexity index is 815. The predicted molar refractivity (Wildman–Crippen MR) is 95.9 cm³/mol. The summed E-state index contributed by atoms with van der Waals surface area (Å²) in [5.41, 5.74) is 4.30. The lowest BCUT2D eigenvalue weighted by atomic mass is 10.1. The second kappa shape index (κ2) is 6.69. The van der Waals surface area contributed by atoms with E-state index in [2.05, 4.69) is 47.3 Å². The number of aryl methyl sites for hydroxylation is 1. The maximum atomic E-state index is 11.9. The first-order valence-electron chi connectivity index (χ1n) is 8.09. The largest absolute Gasteiger partial charge is 0.379 e. The lowest BCUT2D eigenvalue weighted by molar-refractivity contribution is 0.0982. The van der Waals surface area contributed by atoms with E-state index >= 15 is 0 Å². The zero-order chi connectivity index (χ0) is 16.2. The minimum absolute atomic E-state index is 0.215. The second-order valence-electron chi connectivity index (χ2n) is 5.86. The average Bonchev–Trinajstić information content (AvgIpc) is 2.90. The van der Waals surface area contributed by atoms with Gasteiger partial charge in [0.1, 0.15) is 0 Å². The van der Waals surface area contributed by atoms with Gasteiger partial charge in [0, 0.05) is 35.9 Å². The van der Waals surface area contributed by atoms with Crippen molar-refractivity contribution >= 4 is 22.4 Å². The Kier molecular flexibility index (Phi) is 4.47. The summed E-state index contributed by atoms with van der Waals surface area (Å²) in [7, 11) is 2.09. The van der Waals surface area contributed by atoms with Crippen molar-refractivity contribution in [1.29, 1.82) is 0 Å². The van der Waals surface area contributed by atoms with Crippen molar-refractivity contribution < 1.29 is 4.79 Å². The van der Waals surface area contributed by atoms with Crippen LogP contribution >= 0.6 is 0 Å². The van der Waals surface area contributed by atoms with Crippen LogP contribution in [-0.2, 0) is 13.6 Å². The van der Waals surface area contributed by atoms with E-state index in [9.17, 15) is 4.79 Å². The van der Waals surface area contributed by atoms with Gasteiger partial charge in [0.15, 0.2) is 5.78 Å². The zero-order valence-corrected chi connectivity index (χ0v) is 13.7. The number of rotatable bonds is 6. The molecule has 0 bridgehead atoms. The highest BCUT2D eigenvalue weighted by molar-refractivity contribution is 5.96. The minimum Gasteiger partial charge on any atom is -0.379 e. The maximum absolute atomic E-state index is 11.9. The van der Waals surface area contributed by atoms with Gasteiger partial charge < -0.3 is 9.88 Å². The van der Waals surface area contributed by atoms with Gasteiger partial charge in [0.2, 0.25) is 0 Å². The highest BCUT2D eigenvalue weighted by atomic mass is 16.1. The number of hydrogen-bond acceptors (Lipinski definition) is 2. The molecule has 3 nitrogen and oxygen atoms in total. The number of carbonyl (C=O) groups excluding carboxylic acids is 1. The van der Waals surface area contributed by atoms with E-state index in [-0.39, 0.29) is 5.78 Å². The number of aromatic nitrogens is 1. The van der Waals surface area contributed by atoms with Gasteiger partial charge in [0.05, 0.1) is 6.54 Å². The molecule has 0 saturated carbocycles. The molecule has 0 aliphatic rings. The Hall–Kier alpha value is -2.55. The Labute approximate surface area is 136 Å². The maximum Gasteiger partial charge on any atom is 0.162 e. The molecular weight excluding hydrogens is 284 g/mol. The summed E-state index contributed by atoms with van der Waals surface area (Å²) in [6, 6.07) is 18.4. The van der Waals surface area contributed by atoms with Gasteiger partial charge in [0.25, 0.3) is 0 Å². The molecule has 0 saturated heterocycles. The second-order valence-corrected chi connectivity index (χ2v) is 5.86. The lowest BCUT2D eigenvalue weighted by Gasteiger charge is -2.08. The molecule has 3 aromatic rings. The number of para-hydroxylation sites is 1. The number of carbonyl (C=O) groups is 1. The summed E-state index contributed by atoms with van der Waals surface area (Å²) in [5.74, 6) is 0.215. The van der Waals surface area contributed by atoms with Crippen molar-refractivity contribution in [2.45, 2.75) is 26.3 Å². The molecule has 1 N–H and O–H groups in total. The van der Waals surface area contributed by atoms with Crippen LogP contribution in [-0.4, -0.2) is 10.4 Å². The molecule has 0 unspecified atom stereocenters. The van der Waals surface area contributed by atoms with Crippen molar-refractivity contribution in [3.63, 3.8) is 0 Å². The van der Waals surface area contributed by atoms with Crippen LogP contribution in [0, 0.1) is 0 Å². The predicted octanol–water partition coefficient (Wildman–Crippen LogP) is 4.77. The minimum atomic E-state index is 0.215. The number of hydrogen-bond donors (Lipinski definition) is 1. The smallest absolute Gasteiger partial charge is 0.162 e. The first-order valence-corrected chi connectivity index (χ1v) is 8.09. The molecule has 0 atom stereocenters. The fourth-order valence-corrected chi connectivity index (χ4v) is 2.85. The fraction of sp³-hybridized carbons (Fsp3) is 0.250. The van der Waals surface area contributed by atoms with E-state index in [4.69, 9.17) is 0 Å². The number of ketones is 1. The molecule has 1 aromatic heterocycles. The third-order valence-corrected chi connectivity index (χ3v) is 4.21. The van der Waals surface area contributed by atoms with Crippen LogP contribution in [0.25, 0.3) is 10.9 Å². The van der Waals surface area contributed by atoms with E-state index < -0.39 is 0 Å². The number of benzene rings is 2. The summed E-state index contributed by atoms with van der Waals surface area (Å²) >= 11 is 0. The highest BCUT2D eigenvalue weighted by Gasteiger charge is 2.06. The Morgan fingerprint density at radius 1 is 1.09 bits per heavy atom. The zero-order valence-electron chi connectivity index (χ0n) is 13.7. The molecule has 0 spiro atoms. The Morgan fingerprint density at radius 3 is 2.52 bits per heavy atom. The molecule has 0 fully saturated rings. The van der Waals surface area contributed by atoms with E-state index in [1.807, 2.05) is 31.2 Å². The van der Waals surface area contributed by atoms with Gasteiger partial charge in [-0.05, 0) is 48.2 Å². The van der Waals surface area contributed by atoms with E-state index in [1.165, 1.54) is 16.6 Å². The molecule has 0 aliphatic carbocycles. The topological polar surface area (TPSA) is 34.0 Å². The van der Waals surface area contributed by atoms with Crippen molar-refractivity contribution in [3.8, 4) is 0 Å². The molecule has 3 heteroatoms. The quantitative estimate of drug-likeness (QED) is 0.665. The summed E-state index contributed by atoms with van der Waals surface area (Å²) in [6.45, 7) is 2.78. The van der Waals surface area contributed by atoms with E-state index in [1.54, 1.807) is 0 Å². The lowest BCUT2D eigenvalue weighted by Crippen LogP contribution is -2.05. The summed E-state index contributed by atoms with van der Waals surface area (Å²) in [5, 5.41) is 4.69. The molecule has 23 heavy (non-hydrogen) atoms. The first kappa shape index (κ1) is 15.3. The standard InChI is InChI=1S/C20H22N2O/c1-3-6-20(23)15-9-11-17(12-10-15)21-14-18-13-16-7-4-5-8-19(16)22(18)2/h4-5,7-13,21H,3,6,14H2,1-2H3. The summed E-state index contributed by atoms with van der Waals surface area (Å²) < 4.78 is 2.21. The van der Waals surface area contributed by atoms with Crippen LogP contribution in [0.2, 0.25) is 0 Å². The number of nitrogens with one attached hydrogen (secondary N) is 1. The number of anilines is 1. The van der Waals surface area contributed by atoms with E-state index in [0.29, 0.717) is 6.42 Å². The third-order valence-electron chi connectivity index (χ3n) is 4.21. The first-order chi connectivity index (χ1) is 11.2. The molecule has 0 radical (unpaired) electrons. The Balaban J connectivity index is 1.70. The molecule has 3 rings (SSSR count).